The lowest BCUT2D eigenvalue weighted by Crippen LogP contribution is -2.36. The van der Waals surface area contributed by atoms with Gasteiger partial charge in [0.2, 0.25) is 0 Å². The second-order valence-corrected chi connectivity index (χ2v) is 10.3. The number of carbonyl (C=O) groups excluding carboxylic acids is 1. The average Bonchev–Trinajstić information content (AvgIpc) is 3.34. The van der Waals surface area contributed by atoms with Crippen molar-refractivity contribution in [1.82, 2.24) is 24.4 Å². The molecule has 4 aromatic rings. The molecule has 184 valence electrons. The van der Waals surface area contributed by atoms with E-state index in [9.17, 15) is 9.59 Å². The van der Waals surface area contributed by atoms with Crippen molar-refractivity contribution >= 4 is 28.6 Å². The van der Waals surface area contributed by atoms with Crippen LogP contribution in [-0.4, -0.2) is 49.2 Å². The van der Waals surface area contributed by atoms with Crippen LogP contribution >= 0.6 is 11.6 Å². The van der Waals surface area contributed by atoms with E-state index in [1.165, 1.54) is 0 Å². The summed E-state index contributed by atoms with van der Waals surface area (Å²) < 4.78 is 7.12. The van der Waals surface area contributed by atoms with Gasteiger partial charge in [0.25, 0.3) is 5.56 Å². The molecule has 1 atom stereocenters. The second-order valence-electron chi connectivity index (χ2n) is 9.83. The Morgan fingerprint density at radius 1 is 1.14 bits per heavy atom. The van der Waals surface area contributed by atoms with Crippen LogP contribution in [-0.2, 0) is 4.74 Å². The van der Waals surface area contributed by atoms with Crippen LogP contribution in [0.25, 0.3) is 33.4 Å². The zero-order valence-electron chi connectivity index (χ0n) is 20.3. The number of likely N-dealkylation sites (tertiary alicyclic amines) is 1. The molecule has 8 nitrogen and oxygen atoms in total. The monoisotopic (exact) mass is 503 g/mol. The van der Waals surface area contributed by atoms with Crippen LogP contribution in [0, 0.1) is 0 Å². The molecular weight excluding hydrogens is 478 g/mol. The molecule has 0 saturated carbocycles. The van der Waals surface area contributed by atoms with Crippen LogP contribution < -0.4 is 5.56 Å². The van der Waals surface area contributed by atoms with Gasteiger partial charge in [0.15, 0.2) is 0 Å². The summed E-state index contributed by atoms with van der Waals surface area (Å²) in [5.41, 5.74) is 2.55. The van der Waals surface area contributed by atoms with E-state index < -0.39 is 5.60 Å². The zero-order valence-corrected chi connectivity index (χ0v) is 21.1. The van der Waals surface area contributed by atoms with Crippen LogP contribution in [0.4, 0.5) is 4.79 Å². The topological polar surface area (TPSA) is 90.2 Å². The third-order valence-corrected chi connectivity index (χ3v) is 6.30. The van der Waals surface area contributed by atoms with Crippen LogP contribution in [0.5, 0.6) is 0 Å². The maximum absolute atomic E-state index is 13.8. The van der Waals surface area contributed by atoms with Gasteiger partial charge in [0.05, 0.1) is 29.1 Å². The number of halogens is 1. The van der Waals surface area contributed by atoms with Gasteiger partial charge in [-0.1, -0.05) is 23.7 Å². The van der Waals surface area contributed by atoms with E-state index >= 15 is 0 Å². The molecule has 0 spiro atoms. The molecule has 1 unspecified atom stereocenters. The zero-order chi connectivity index (χ0) is 25.4. The molecule has 0 aliphatic carbocycles. The first kappa shape index (κ1) is 23.9. The summed E-state index contributed by atoms with van der Waals surface area (Å²) in [6.07, 6.45) is 5.20. The summed E-state index contributed by atoms with van der Waals surface area (Å²) in [4.78, 5) is 41.7. The van der Waals surface area contributed by atoms with Gasteiger partial charge in [-0.25, -0.2) is 14.8 Å². The number of amides is 1. The molecule has 0 bridgehead atoms. The quantitative estimate of drug-likeness (QED) is 0.374. The highest BCUT2D eigenvalue weighted by atomic mass is 35.5. The molecule has 0 N–H and O–H groups in total. The Morgan fingerprint density at radius 2 is 1.92 bits per heavy atom. The number of ether oxygens (including phenoxy) is 1. The molecule has 1 saturated heterocycles. The first-order chi connectivity index (χ1) is 17.2. The van der Waals surface area contributed by atoms with Gasteiger partial charge in [-0.2, -0.15) is 0 Å². The summed E-state index contributed by atoms with van der Waals surface area (Å²) in [5.74, 6) is 0. The van der Waals surface area contributed by atoms with Crippen molar-refractivity contribution < 1.29 is 9.53 Å². The predicted octanol–water partition coefficient (Wildman–Crippen LogP) is 5.36. The van der Waals surface area contributed by atoms with Gasteiger partial charge in [-0.05, 0) is 57.5 Å². The van der Waals surface area contributed by atoms with Crippen molar-refractivity contribution in [3.63, 3.8) is 0 Å². The highest BCUT2D eigenvalue weighted by Crippen LogP contribution is 2.30. The van der Waals surface area contributed by atoms with E-state index in [-0.39, 0.29) is 17.7 Å². The standard InChI is InChI=1S/C27H26ClN5O3/c1-27(2,3)36-26(35)32-12-10-20(15-32)33-16-30-24-21(25(33)34)13-22(17-6-8-19(28)9-7-17)31-23(24)18-5-4-11-29-14-18/h4-9,11,13-14,16,20H,10,12,15H2,1-3H3. The summed E-state index contributed by atoms with van der Waals surface area (Å²) >= 11 is 6.08. The molecule has 36 heavy (non-hydrogen) atoms. The van der Waals surface area contributed by atoms with Crippen molar-refractivity contribution in [2.75, 3.05) is 13.1 Å². The van der Waals surface area contributed by atoms with Gasteiger partial charge >= 0.3 is 6.09 Å². The van der Waals surface area contributed by atoms with Gasteiger partial charge in [-0.3, -0.25) is 14.3 Å². The molecular formula is C27H26ClN5O3. The minimum Gasteiger partial charge on any atom is -0.444 e. The lowest BCUT2D eigenvalue weighted by Gasteiger charge is -2.24. The lowest BCUT2D eigenvalue weighted by atomic mass is 10.1. The van der Waals surface area contributed by atoms with Crippen molar-refractivity contribution in [3.8, 4) is 22.5 Å². The summed E-state index contributed by atoms with van der Waals surface area (Å²) in [7, 11) is 0. The Bertz CT molecular complexity index is 1480. The van der Waals surface area contributed by atoms with E-state index in [1.54, 1.807) is 46.4 Å². The molecule has 3 aromatic heterocycles. The fraction of sp³-hybridized carbons (Fsp3) is 0.296. The smallest absolute Gasteiger partial charge is 0.410 e. The van der Waals surface area contributed by atoms with E-state index in [1.807, 2.05) is 45.0 Å². The predicted molar refractivity (Wildman–Crippen MR) is 139 cm³/mol. The molecule has 5 rings (SSSR count). The first-order valence-corrected chi connectivity index (χ1v) is 12.1. The lowest BCUT2D eigenvalue weighted by molar-refractivity contribution is 0.0289. The molecule has 1 aliphatic heterocycles. The van der Waals surface area contributed by atoms with Crippen LogP contribution in [0.1, 0.15) is 33.2 Å². The van der Waals surface area contributed by atoms with E-state index in [0.29, 0.717) is 46.8 Å². The molecule has 1 amide bonds. The van der Waals surface area contributed by atoms with E-state index in [0.717, 1.165) is 11.1 Å². The number of hydrogen-bond acceptors (Lipinski definition) is 6. The summed E-state index contributed by atoms with van der Waals surface area (Å²) in [5, 5.41) is 1.07. The minimum absolute atomic E-state index is 0.182. The molecule has 9 heteroatoms. The number of fused-ring (bicyclic) bond motifs is 1. The molecule has 0 radical (unpaired) electrons. The third-order valence-electron chi connectivity index (χ3n) is 6.05. The number of nitrogens with zero attached hydrogens (tertiary/aromatic N) is 5. The maximum Gasteiger partial charge on any atom is 0.410 e. The van der Waals surface area contributed by atoms with Crippen molar-refractivity contribution in [2.24, 2.45) is 0 Å². The Balaban J connectivity index is 1.58. The normalized spacial score (nSPS) is 15.9. The fourth-order valence-electron chi connectivity index (χ4n) is 4.34. The van der Waals surface area contributed by atoms with E-state index in [2.05, 4.69) is 9.97 Å². The van der Waals surface area contributed by atoms with Crippen LogP contribution in [0.15, 0.2) is 66.0 Å². The Hall–Kier alpha value is -3.78. The van der Waals surface area contributed by atoms with Gasteiger partial charge in [-0.15, -0.1) is 0 Å². The number of aromatic nitrogens is 4. The SMILES string of the molecule is CC(C)(C)OC(=O)N1CCC(n2cnc3c(-c4cccnc4)nc(-c4ccc(Cl)cc4)cc3c2=O)C1. The summed E-state index contributed by atoms with van der Waals surface area (Å²) in [6, 6.07) is 12.6. The van der Waals surface area contributed by atoms with Crippen LogP contribution in [0.2, 0.25) is 5.02 Å². The number of pyridine rings is 2. The first-order valence-electron chi connectivity index (χ1n) is 11.8. The van der Waals surface area contributed by atoms with Crippen LogP contribution in [0.3, 0.4) is 0 Å². The molecule has 1 fully saturated rings. The number of hydrogen-bond donors (Lipinski definition) is 0. The maximum atomic E-state index is 13.8. The number of carbonyl (C=O) groups is 1. The molecule has 1 aliphatic rings. The number of rotatable bonds is 3. The minimum atomic E-state index is -0.579. The highest BCUT2D eigenvalue weighted by molar-refractivity contribution is 6.30. The highest BCUT2D eigenvalue weighted by Gasteiger charge is 2.31. The third kappa shape index (κ3) is 4.81. The Morgan fingerprint density at radius 3 is 2.61 bits per heavy atom. The average molecular weight is 504 g/mol. The molecule has 1 aromatic carbocycles. The van der Waals surface area contributed by atoms with Gasteiger partial charge in [0.1, 0.15) is 11.1 Å². The fourth-order valence-corrected chi connectivity index (χ4v) is 4.46. The molecule has 4 heterocycles. The van der Waals surface area contributed by atoms with Gasteiger partial charge < -0.3 is 9.64 Å². The van der Waals surface area contributed by atoms with Crippen molar-refractivity contribution in [1.29, 1.82) is 0 Å². The number of benzene rings is 1. The second kappa shape index (κ2) is 9.35. The van der Waals surface area contributed by atoms with Crippen molar-refractivity contribution in [3.05, 3.63) is 76.6 Å². The van der Waals surface area contributed by atoms with Gasteiger partial charge in [0, 0.05) is 41.6 Å². The Kier molecular flexibility index (Phi) is 6.22. The van der Waals surface area contributed by atoms with E-state index in [4.69, 9.17) is 21.3 Å². The summed E-state index contributed by atoms with van der Waals surface area (Å²) in [6.45, 7) is 6.40. The largest absolute Gasteiger partial charge is 0.444 e. The Labute approximate surface area is 213 Å². The van der Waals surface area contributed by atoms with Crippen molar-refractivity contribution in [2.45, 2.75) is 38.8 Å².